The summed E-state index contributed by atoms with van der Waals surface area (Å²) in [5, 5.41) is 7.37. The van der Waals surface area contributed by atoms with E-state index in [1.165, 1.54) is 20.1 Å². The number of ketones is 1. The zero-order valence-corrected chi connectivity index (χ0v) is 22.3. The van der Waals surface area contributed by atoms with E-state index in [0.29, 0.717) is 5.75 Å². The van der Waals surface area contributed by atoms with Crippen LogP contribution in [-0.4, -0.2) is 73.4 Å². The summed E-state index contributed by atoms with van der Waals surface area (Å²) in [6.07, 6.45) is 1.52. The van der Waals surface area contributed by atoms with Gasteiger partial charge in [-0.25, -0.2) is 9.65 Å². The van der Waals surface area contributed by atoms with Crippen LogP contribution in [0.25, 0.3) is 0 Å². The zero-order chi connectivity index (χ0) is 26.6. The highest BCUT2D eigenvalue weighted by Gasteiger charge is 2.48. The van der Waals surface area contributed by atoms with Gasteiger partial charge < -0.3 is 15.4 Å². The highest BCUT2D eigenvalue weighted by Crippen LogP contribution is 2.53. The van der Waals surface area contributed by atoms with E-state index in [-0.39, 0.29) is 49.3 Å². The summed E-state index contributed by atoms with van der Waals surface area (Å²) in [7, 11) is -2.78. The molecule has 3 N–H and O–H groups in total. The van der Waals surface area contributed by atoms with Gasteiger partial charge in [-0.1, -0.05) is 31.7 Å². The maximum absolute atomic E-state index is 12.9. The van der Waals surface area contributed by atoms with Gasteiger partial charge in [0.2, 0.25) is 11.8 Å². The molecule has 12 nitrogen and oxygen atoms in total. The fraction of sp³-hybridized carbons (Fsp3) is 0.667. The van der Waals surface area contributed by atoms with Crippen molar-refractivity contribution < 1.29 is 42.3 Å². The van der Waals surface area contributed by atoms with Gasteiger partial charge in [-0.05, 0) is 19.9 Å². The summed E-state index contributed by atoms with van der Waals surface area (Å²) in [4.78, 5) is 59.3. The molecule has 198 valence electrons. The highest BCUT2D eigenvalue weighted by molar-refractivity contribution is 8.13. The maximum atomic E-state index is 12.9. The summed E-state index contributed by atoms with van der Waals surface area (Å²) < 4.78 is 28.2. The van der Waals surface area contributed by atoms with Crippen molar-refractivity contribution in [2.24, 2.45) is 5.41 Å². The number of allylic oxidation sites excluding steroid dienone is 2. The van der Waals surface area contributed by atoms with Crippen molar-refractivity contribution in [3.05, 3.63) is 12.2 Å². The van der Waals surface area contributed by atoms with Gasteiger partial charge in [-0.15, -0.1) is 0 Å². The number of methoxy groups -OCH3 is 1. The molecule has 2 amide bonds. The summed E-state index contributed by atoms with van der Waals surface area (Å²) in [6.45, 7) is 6.66. The number of rotatable bonds is 13. The SMILES string of the molecule is C/C=C/C(=O)CC(=O)SCCNC(=O)CCNC(=O)[C@@H]1OP(=O)(N[C@@H](C)C(=O)OC)OCC1(C)C. The number of amides is 2. The van der Waals surface area contributed by atoms with Gasteiger partial charge in [-0.3, -0.25) is 33.0 Å². The normalized spacial score (nSPS) is 22.3. The molecule has 0 spiro atoms. The summed E-state index contributed by atoms with van der Waals surface area (Å²) >= 11 is 0.959. The predicted octanol–water partition coefficient (Wildman–Crippen LogP) is 1.10. The third-order valence-electron chi connectivity index (χ3n) is 4.71. The molecule has 1 aliphatic heterocycles. The molecule has 0 aliphatic carbocycles. The lowest BCUT2D eigenvalue weighted by Crippen LogP contribution is -2.51. The second kappa shape index (κ2) is 14.5. The zero-order valence-electron chi connectivity index (χ0n) is 20.6. The minimum absolute atomic E-state index is 0.00167. The summed E-state index contributed by atoms with van der Waals surface area (Å²) in [5.41, 5.74) is -0.825. The lowest BCUT2D eigenvalue weighted by Gasteiger charge is -2.40. The first-order chi connectivity index (χ1) is 16.3. The number of carbonyl (C=O) groups excluding carboxylic acids is 5. The van der Waals surface area contributed by atoms with Crippen molar-refractivity contribution in [2.45, 2.75) is 52.7 Å². The molecule has 0 radical (unpaired) electrons. The van der Waals surface area contributed by atoms with Crippen LogP contribution < -0.4 is 15.7 Å². The molecule has 1 aliphatic rings. The Morgan fingerprint density at radius 2 is 1.89 bits per heavy atom. The topological polar surface area (TPSA) is 166 Å². The van der Waals surface area contributed by atoms with E-state index in [1.807, 2.05) is 0 Å². The number of carbonyl (C=O) groups is 5. The maximum Gasteiger partial charge on any atom is 0.407 e. The average Bonchev–Trinajstić information content (AvgIpc) is 2.78. The van der Waals surface area contributed by atoms with E-state index in [1.54, 1.807) is 26.8 Å². The molecular weight excluding hydrogens is 501 g/mol. The first-order valence-electron chi connectivity index (χ1n) is 11.0. The minimum Gasteiger partial charge on any atom is -0.468 e. The Kier molecular flexibility index (Phi) is 12.8. The lowest BCUT2D eigenvalue weighted by atomic mass is 9.87. The monoisotopic (exact) mass is 535 g/mol. The van der Waals surface area contributed by atoms with Crippen molar-refractivity contribution in [1.82, 2.24) is 15.7 Å². The molecule has 0 aromatic rings. The molecule has 0 aromatic heterocycles. The van der Waals surface area contributed by atoms with E-state index in [0.717, 1.165) is 11.8 Å². The molecule has 1 fully saturated rings. The highest BCUT2D eigenvalue weighted by atomic mass is 32.2. The van der Waals surface area contributed by atoms with E-state index in [4.69, 9.17) is 9.05 Å². The third kappa shape index (κ3) is 11.0. The molecule has 1 rings (SSSR count). The summed E-state index contributed by atoms with van der Waals surface area (Å²) in [6, 6.07) is -0.985. The number of hydrogen-bond donors (Lipinski definition) is 3. The third-order valence-corrected chi connectivity index (χ3v) is 7.25. The van der Waals surface area contributed by atoms with Crippen LogP contribution in [-0.2, 0) is 42.3 Å². The van der Waals surface area contributed by atoms with Crippen LogP contribution in [0.2, 0.25) is 0 Å². The van der Waals surface area contributed by atoms with Crippen molar-refractivity contribution in [1.29, 1.82) is 0 Å². The molecule has 3 atom stereocenters. The van der Waals surface area contributed by atoms with Gasteiger partial charge in [0.15, 0.2) is 17.0 Å². The van der Waals surface area contributed by atoms with E-state index >= 15 is 0 Å². The Labute approximate surface area is 209 Å². The molecular formula is C21H34N3O9PS. The minimum atomic E-state index is -3.96. The van der Waals surface area contributed by atoms with Crippen molar-refractivity contribution in [3.63, 3.8) is 0 Å². The molecule has 0 aromatic carbocycles. The Morgan fingerprint density at radius 3 is 2.51 bits per heavy atom. The molecule has 1 saturated heterocycles. The first kappa shape index (κ1) is 31.0. The molecule has 0 bridgehead atoms. The van der Waals surface area contributed by atoms with Crippen molar-refractivity contribution in [3.8, 4) is 0 Å². The molecule has 14 heteroatoms. The quantitative estimate of drug-likeness (QED) is 0.102. The standard InChI is InChI=1S/C21H34N3O9PS/c1-6-7-15(25)12-17(27)35-11-10-22-16(26)8-9-23-19(28)18-21(3,4)13-32-34(30,33-18)24-14(2)20(29)31-5/h6-7,14,18H,8-13H2,1-5H3,(H,22,26)(H,23,28)(H,24,30)/b7-6+/t14-,18-,34?/m0/s1. The molecule has 1 unspecified atom stereocenters. The fourth-order valence-corrected chi connectivity index (χ4v) is 5.46. The van der Waals surface area contributed by atoms with Gasteiger partial charge >= 0.3 is 13.7 Å². The van der Waals surface area contributed by atoms with Gasteiger partial charge in [-0.2, -0.15) is 0 Å². The van der Waals surface area contributed by atoms with Crippen LogP contribution in [0.15, 0.2) is 12.2 Å². The van der Waals surface area contributed by atoms with Crippen LogP contribution in [0.1, 0.15) is 40.5 Å². The van der Waals surface area contributed by atoms with Gasteiger partial charge in [0.05, 0.1) is 20.1 Å². The predicted molar refractivity (Wildman–Crippen MR) is 129 cm³/mol. The number of nitrogens with one attached hydrogen (secondary N) is 3. The Balaban J connectivity index is 2.44. The smallest absolute Gasteiger partial charge is 0.407 e. The Morgan fingerprint density at radius 1 is 1.20 bits per heavy atom. The molecule has 0 saturated carbocycles. The van der Waals surface area contributed by atoms with Crippen LogP contribution >= 0.6 is 19.5 Å². The largest absolute Gasteiger partial charge is 0.468 e. The number of ether oxygens (including phenoxy) is 1. The lowest BCUT2D eigenvalue weighted by molar-refractivity contribution is -0.143. The number of thioether (sulfide) groups is 1. The fourth-order valence-electron chi connectivity index (χ4n) is 2.85. The second-order valence-corrected chi connectivity index (χ2v) is 11.2. The van der Waals surface area contributed by atoms with Crippen LogP contribution in [0, 0.1) is 5.41 Å². The van der Waals surface area contributed by atoms with Gasteiger partial charge in [0.1, 0.15) is 6.04 Å². The van der Waals surface area contributed by atoms with Gasteiger partial charge in [0.25, 0.3) is 0 Å². The Bertz CT molecular complexity index is 878. The Hall–Kier alpha value is -2.05. The average molecular weight is 536 g/mol. The van der Waals surface area contributed by atoms with Gasteiger partial charge in [0, 0.05) is 30.7 Å². The van der Waals surface area contributed by atoms with E-state index < -0.39 is 37.2 Å². The van der Waals surface area contributed by atoms with Crippen molar-refractivity contribution >= 4 is 48.2 Å². The van der Waals surface area contributed by atoms with Crippen LogP contribution in [0.4, 0.5) is 0 Å². The molecule has 35 heavy (non-hydrogen) atoms. The number of esters is 1. The van der Waals surface area contributed by atoms with Crippen LogP contribution in [0.5, 0.6) is 0 Å². The van der Waals surface area contributed by atoms with Crippen molar-refractivity contribution in [2.75, 3.05) is 32.6 Å². The van der Waals surface area contributed by atoms with Crippen LogP contribution in [0.3, 0.4) is 0 Å². The van der Waals surface area contributed by atoms with E-state index in [2.05, 4.69) is 20.5 Å². The summed E-state index contributed by atoms with van der Waals surface area (Å²) in [5.74, 6) is -1.54. The first-order valence-corrected chi connectivity index (χ1v) is 13.5. The van der Waals surface area contributed by atoms with E-state index in [9.17, 15) is 28.5 Å². The molecule has 1 heterocycles. The second-order valence-electron chi connectivity index (χ2n) is 8.37. The number of hydrogen-bond acceptors (Lipinski definition) is 10.